The molecule has 11 nitrogen and oxygen atoms in total. The zero-order valence-corrected chi connectivity index (χ0v) is 52.3. The number of aliphatic hydroxyl groups excluding tert-OH is 5. The number of nitrogens with one attached hydrogen (secondary N) is 1. The van der Waals surface area contributed by atoms with Gasteiger partial charge in [0.15, 0.2) is 12.4 Å². The smallest absolute Gasteiger partial charge is 0.306 e. The molecule has 1 rings (SSSR count). The molecule has 0 aliphatic carbocycles. The van der Waals surface area contributed by atoms with Crippen molar-refractivity contribution in [3.05, 3.63) is 97.2 Å². The number of carbonyl (C=O) groups is 2. The third-order valence-electron chi connectivity index (χ3n) is 15.2. The van der Waals surface area contributed by atoms with E-state index < -0.39 is 67.4 Å². The van der Waals surface area contributed by atoms with Crippen LogP contribution in [0.4, 0.5) is 0 Å². The molecule has 0 bridgehead atoms. The molecular formula is C71H123NO10. The fourth-order valence-corrected chi connectivity index (χ4v) is 9.94. The summed E-state index contributed by atoms with van der Waals surface area (Å²) in [7, 11) is 0. The Morgan fingerprint density at radius 3 is 1.33 bits per heavy atom. The minimum absolute atomic E-state index is 0.113. The predicted molar refractivity (Wildman–Crippen MR) is 342 cm³/mol. The largest absolute Gasteiger partial charge is 0.454 e. The Bertz CT molecular complexity index is 1700. The summed E-state index contributed by atoms with van der Waals surface area (Å²) in [6.07, 6.45) is 67.2. The molecule has 6 N–H and O–H groups in total. The molecular weight excluding hydrogens is 1030 g/mol. The van der Waals surface area contributed by atoms with Crippen molar-refractivity contribution in [3.8, 4) is 0 Å². The van der Waals surface area contributed by atoms with Crippen LogP contribution in [0.5, 0.6) is 0 Å². The van der Waals surface area contributed by atoms with E-state index in [4.69, 9.17) is 14.2 Å². The SMILES string of the molecule is CC/C=C\C/C=C\C/C=C\C/C=C\C/C=C\C/C=C\CCCCCCCC(O)C(=O)NC(COC1OC(CO)C(O)C(O)C1OC(=O)CCCCCCCCC/C=C/CCCCCCCC)C(O)/C=C/CCCCCCCCCCCC. The van der Waals surface area contributed by atoms with Crippen molar-refractivity contribution < 1.29 is 49.3 Å². The van der Waals surface area contributed by atoms with E-state index in [1.54, 1.807) is 6.08 Å². The Kier molecular flexibility index (Phi) is 54.2. The molecule has 11 heteroatoms. The number of hydrogen-bond donors (Lipinski definition) is 6. The van der Waals surface area contributed by atoms with E-state index in [0.717, 1.165) is 122 Å². The summed E-state index contributed by atoms with van der Waals surface area (Å²) in [5, 5.41) is 57.1. The van der Waals surface area contributed by atoms with Gasteiger partial charge in [0.1, 0.15) is 24.4 Å². The summed E-state index contributed by atoms with van der Waals surface area (Å²) in [4.78, 5) is 26.6. The van der Waals surface area contributed by atoms with E-state index in [1.165, 1.54) is 109 Å². The maximum absolute atomic E-state index is 13.5. The number of amides is 1. The highest BCUT2D eigenvalue weighted by Crippen LogP contribution is 2.26. The van der Waals surface area contributed by atoms with Crippen molar-refractivity contribution in [3.63, 3.8) is 0 Å². The number of rotatable bonds is 56. The zero-order chi connectivity index (χ0) is 59.6. The molecule has 0 aromatic rings. The maximum Gasteiger partial charge on any atom is 0.306 e. The van der Waals surface area contributed by atoms with E-state index in [1.807, 2.05) is 6.08 Å². The maximum atomic E-state index is 13.5. The van der Waals surface area contributed by atoms with E-state index in [0.29, 0.717) is 12.8 Å². The lowest BCUT2D eigenvalue weighted by atomic mass is 9.99. The molecule has 0 spiro atoms. The molecule has 1 saturated heterocycles. The molecule has 0 radical (unpaired) electrons. The molecule has 472 valence electrons. The quantitative estimate of drug-likeness (QED) is 0.0195. The second-order valence-corrected chi connectivity index (χ2v) is 22.8. The zero-order valence-electron chi connectivity index (χ0n) is 52.3. The summed E-state index contributed by atoms with van der Waals surface area (Å²) < 4.78 is 17.6. The summed E-state index contributed by atoms with van der Waals surface area (Å²) >= 11 is 0. The standard InChI is InChI=1S/C71H123NO10/c1-4-7-10-13-16-19-22-25-27-29-30-31-32-33-34-35-37-38-40-43-46-49-52-55-58-64(75)70(79)72-62(63(74)57-54-51-48-45-42-24-21-18-15-12-9-6-3)61-80-71-69(68(78)67(77)65(60-73)81-71)82-66(76)59-56-53-50-47-44-41-39-36-28-26-23-20-17-14-11-8-5-2/h7,10,16,19,25-28,30-31,33-34,37-38,54,57,62-65,67-69,71,73-75,77-78H,4-6,8-9,11-15,17-18,20-24,29,32,35-36,39-53,55-56,58-61H2,1-3H3,(H,72,79)/b10-7-,19-16-,27-25-,28-26+,31-30-,34-33-,38-37-,57-54+. The topological polar surface area (TPSA) is 175 Å². The first-order chi connectivity index (χ1) is 40.2. The highest BCUT2D eigenvalue weighted by Gasteiger charge is 2.47. The Morgan fingerprint density at radius 1 is 0.488 bits per heavy atom. The van der Waals surface area contributed by atoms with Crippen molar-refractivity contribution in [2.45, 2.75) is 327 Å². The third-order valence-corrected chi connectivity index (χ3v) is 15.2. The van der Waals surface area contributed by atoms with E-state index in [9.17, 15) is 35.1 Å². The predicted octanol–water partition coefficient (Wildman–Crippen LogP) is 16.7. The van der Waals surface area contributed by atoms with Crippen LogP contribution in [0.3, 0.4) is 0 Å². The third kappa shape index (κ3) is 45.0. The highest BCUT2D eigenvalue weighted by atomic mass is 16.7. The number of ether oxygens (including phenoxy) is 3. The number of esters is 1. The van der Waals surface area contributed by atoms with Crippen LogP contribution in [0.25, 0.3) is 0 Å². The average molecular weight is 1150 g/mol. The van der Waals surface area contributed by atoms with Crippen LogP contribution in [0.1, 0.15) is 278 Å². The molecule has 1 fully saturated rings. The molecule has 0 saturated carbocycles. The Morgan fingerprint density at radius 2 is 0.878 bits per heavy atom. The fraction of sp³-hybridized carbons (Fsp3) is 0.746. The van der Waals surface area contributed by atoms with Gasteiger partial charge < -0.3 is 45.1 Å². The van der Waals surface area contributed by atoms with Gasteiger partial charge in [-0.2, -0.15) is 0 Å². The summed E-state index contributed by atoms with van der Waals surface area (Å²) in [6.45, 7) is 5.67. The second kappa shape index (κ2) is 58.0. The van der Waals surface area contributed by atoms with Gasteiger partial charge in [-0.15, -0.1) is 0 Å². The van der Waals surface area contributed by atoms with Gasteiger partial charge in [0.05, 0.1) is 25.4 Å². The van der Waals surface area contributed by atoms with Crippen LogP contribution in [0.2, 0.25) is 0 Å². The van der Waals surface area contributed by atoms with Crippen LogP contribution in [0.15, 0.2) is 97.2 Å². The second-order valence-electron chi connectivity index (χ2n) is 22.8. The van der Waals surface area contributed by atoms with Crippen molar-refractivity contribution in [2.75, 3.05) is 13.2 Å². The van der Waals surface area contributed by atoms with Crippen LogP contribution in [-0.4, -0.2) is 99.6 Å². The number of unbranched alkanes of at least 4 members (excludes halogenated alkanes) is 28. The molecule has 1 aliphatic rings. The molecule has 0 aromatic heterocycles. The van der Waals surface area contributed by atoms with Gasteiger partial charge in [0.2, 0.25) is 5.91 Å². The van der Waals surface area contributed by atoms with Crippen LogP contribution < -0.4 is 5.32 Å². The van der Waals surface area contributed by atoms with Crippen molar-refractivity contribution in [1.29, 1.82) is 0 Å². The van der Waals surface area contributed by atoms with Gasteiger partial charge >= 0.3 is 5.97 Å². The van der Waals surface area contributed by atoms with Gasteiger partial charge in [0, 0.05) is 6.42 Å². The molecule has 8 atom stereocenters. The molecule has 1 heterocycles. The van der Waals surface area contributed by atoms with Gasteiger partial charge in [-0.3, -0.25) is 9.59 Å². The van der Waals surface area contributed by atoms with E-state index >= 15 is 0 Å². The Hall–Kier alpha value is -3.42. The normalized spacial score (nSPS) is 19.2. The van der Waals surface area contributed by atoms with Crippen molar-refractivity contribution in [2.24, 2.45) is 0 Å². The summed E-state index contributed by atoms with van der Waals surface area (Å²) in [6, 6.07) is -1.04. The van der Waals surface area contributed by atoms with Gasteiger partial charge in [-0.05, 0) is 103 Å². The summed E-state index contributed by atoms with van der Waals surface area (Å²) in [5.41, 5.74) is 0. The lowest BCUT2D eigenvalue weighted by Crippen LogP contribution is -2.61. The number of carbonyl (C=O) groups excluding carboxylic acids is 2. The lowest BCUT2D eigenvalue weighted by molar-refractivity contribution is -0.305. The van der Waals surface area contributed by atoms with Crippen molar-refractivity contribution in [1.82, 2.24) is 5.32 Å². The van der Waals surface area contributed by atoms with E-state index in [2.05, 4.69) is 111 Å². The highest BCUT2D eigenvalue weighted by molar-refractivity contribution is 5.80. The molecule has 0 aromatic carbocycles. The van der Waals surface area contributed by atoms with Gasteiger partial charge in [0.25, 0.3) is 0 Å². The minimum Gasteiger partial charge on any atom is -0.454 e. The number of allylic oxidation sites excluding steroid dienone is 15. The minimum atomic E-state index is -1.62. The van der Waals surface area contributed by atoms with Gasteiger partial charge in [-0.25, -0.2) is 0 Å². The summed E-state index contributed by atoms with van der Waals surface area (Å²) in [5.74, 6) is -1.22. The first-order valence-corrected chi connectivity index (χ1v) is 33.5. The molecule has 1 amide bonds. The van der Waals surface area contributed by atoms with Crippen LogP contribution >= 0.6 is 0 Å². The average Bonchev–Trinajstić information content (AvgIpc) is 3.68. The monoisotopic (exact) mass is 1150 g/mol. The van der Waals surface area contributed by atoms with Gasteiger partial charge in [-0.1, -0.05) is 266 Å². The Balaban J connectivity index is 2.65. The van der Waals surface area contributed by atoms with Crippen LogP contribution in [-0.2, 0) is 23.8 Å². The first kappa shape index (κ1) is 76.6. The fourth-order valence-electron chi connectivity index (χ4n) is 9.94. The molecule has 1 aliphatic heterocycles. The van der Waals surface area contributed by atoms with E-state index in [-0.39, 0.29) is 19.4 Å². The molecule has 8 unspecified atom stereocenters. The number of aliphatic hydroxyl groups is 5. The van der Waals surface area contributed by atoms with Crippen LogP contribution in [0, 0.1) is 0 Å². The number of hydrogen-bond acceptors (Lipinski definition) is 10. The Labute approximate surface area is 501 Å². The first-order valence-electron chi connectivity index (χ1n) is 33.5. The molecule has 82 heavy (non-hydrogen) atoms. The van der Waals surface area contributed by atoms with Crippen molar-refractivity contribution >= 4 is 11.9 Å². The lowest BCUT2D eigenvalue weighted by Gasteiger charge is -2.41.